The molecule has 3 rings (SSSR count). The van der Waals surface area contributed by atoms with Gasteiger partial charge in [0.15, 0.2) is 0 Å². The lowest BCUT2D eigenvalue weighted by Crippen LogP contribution is -2.04. The number of hydrogen-bond donors (Lipinski definition) is 0. The van der Waals surface area contributed by atoms with Gasteiger partial charge in [-0.05, 0) is 60.9 Å². The number of rotatable bonds is 9. The van der Waals surface area contributed by atoms with Crippen molar-refractivity contribution in [1.82, 2.24) is 0 Å². The van der Waals surface area contributed by atoms with Gasteiger partial charge in [0.25, 0.3) is 0 Å². The zero-order chi connectivity index (χ0) is 24.1. The van der Waals surface area contributed by atoms with Crippen molar-refractivity contribution in [1.29, 1.82) is 0 Å². The monoisotopic (exact) mass is 448 g/mol. The van der Waals surface area contributed by atoms with Crippen molar-refractivity contribution in [3.8, 4) is 16.9 Å². The Labute approximate surface area is 197 Å². The van der Waals surface area contributed by atoms with E-state index in [-0.39, 0.29) is 5.97 Å². The fourth-order valence-electron chi connectivity index (χ4n) is 3.90. The fourth-order valence-corrected chi connectivity index (χ4v) is 3.90. The summed E-state index contributed by atoms with van der Waals surface area (Å²) in [5, 5.41) is 0.988. The topological polar surface area (TPSA) is 48.7 Å². The maximum absolute atomic E-state index is 11.9. The highest BCUT2D eigenvalue weighted by Crippen LogP contribution is 2.43. The molecule has 0 radical (unpaired) electrons. The van der Waals surface area contributed by atoms with E-state index in [4.69, 9.17) is 13.9 Å². The van der Waals surface area contributed by atoms with Crippen LogP contribution in [-0.2, 0) is 9.53 Å². The van der Waals surface area contributed by atoms with Crippen LogP contribution in [0.1, 0.15) is 83.6 Å². The first kappa shape index (κ1) is 24.6. The Bertz CT molecular complexity index is 1150. The lowest BCUT2D eigenvalue weighted by atomic mass is 9.89. The summed E-state index contributed by atoms with van der Waals surface area (Å²) in [5.41, 5.74) is 6.07. The molecule has 1 aromatic heterocycles. The van der Waals surface area contributed by atoms with Crippen molar-refractivity contribution in [3.05, 3.63) is 59.4 Å². The molecular formula is C29H36O4. The Morgan fingerprint density at radius 1 is 1.03 bits per heavy atom. The molecule has 176 valence electrons. The van der Waals surface area contributed by atoms with Crippen LogP contribution in [0.2, 0.25) is 0 Å². The number of benzene rings is 2. The van der Waals surface area contributed by atoms with Gasteiger partial charge in [0.1, 0.15) is 17.1 Å². The Balaban J connectivity index is 2.23. The summed E-state index contributed by atoms with van der Waals surface area (Å²) in [4.78, 5) is 11.9. The highest BCUT2D eigenvalue weighted by molar-refractivity contribution is 5.97. The van der Waals surface area contributed by atoms with Crippen LogP contribution in [0, 0.1) is 0 Å². The van der Waals surface area contributed by atoms with Gasteiger partial charge in [-0.25, -0.2) is 4.79 Å². The molecular weight excluding hydrogens is 412 g/mol. The Morgan fingerprint density at radius 2 is 1.79 bits per heavy atom. The van der Waals surface area contributed by atoms with Gasteiger partial charge in [-0.15, -0.1) is 0 Å². The van der Waals surface area contributed by atoms with E-state index >= 15 is 0 Å². The number of fused-ring (bicyclic) bond motifs is 1. The second-order valence-corrected chi connectivity index (χ2v) is 9.06. The third-order valence-corrected chi connectivity index (χ3v) is 5.72. The number of allylic oxidation sites excluding steroid dienone is 1. The van der Waals surface area contributed by atoms with Gasteiger partial charge in [-0.1, -0.05) is 58.9 Å². The smallest absolute Gasteiger partial charge is 0.331 e. The Morgan fingerprint density at radius 3 is 2.42 bits per heavy atom. The zero-order valence-electron chi connectivity index (χ0n) is 21.0. The molecule has 1 heterocycles. The number of ether oxygens (including phenoxy) is 2. The molecule has 0 unspecified atom stereocenters. The van der Waals surface area contributed by atoms with Crippen LogP contribution in [-0.4, -0.2) is 19.2 Å². The van der Waals surface area contributed by atoms with Gasteiger partial charge in [-0.2, -0.15) is 0 Å². The van der Waals surface area contributed by atoms with E-state index < -0.39 is 0 Å². The first-order valence-corrected chi connectivity index (χ1v) is 12.0. The van der Waals surface area contributed by atoms with E-state index in [2.05, 4.69) is 52.8 Å². The summed E-state index contributed by atoms with van der Waals surface area (Å²) in [6.07, 6.45) is 2.42. The number of furan rings is 1. The molecule has 0 aliphatic carbocycles. The van der Waals surface area contributed by atoms with E-state index in [1.807, 2.05) is 25.1 Å². The van der Waals surface area contributed by atoms with Gasteiger partial charge < -0.3 is 13.9 Å². The molecule has 0 saturated heterocycles. The zero-order valence-corrected chi connectivity index (χ0v) is 21.0. The minimum atomic E-state index is -0.364. The van der Waals surface area contributed by atoms with Gasteiger partial charge in [-0.3, -0.25) is 0 Å². The number of carbonyl (C=O) groups excluding carboxylic acids is 1. The van der Waals surface area contributed by atoms with Crippen LogP contribution < -0.4 is 4.74 Å². The molecule has 4 heteroatoms. The Hall–Kier alpha value is -3.01. The summed E-state index contributed by atoms with van der Waals surface area (Å²) in [5.74, 6) is 1.95. The summed E-state index contributed by atoms with van der Waals surface area (Å²) < 4.78 is 17.7. The summed E-state index contributed by atoms with van der Waals surface area (Å²) in [7, 11) is 0. The maximum atomic E-state index is 11.9. The third kappa shape index (κ3) is 5.50. The third-order valence-electron chi connectivity index (χ3n) is 5.72. The number of esters is 1. The van der Waals surface area contributed by atoms with Crippen LogP contribution in [0.25, 0.3) is 27.7 Å². The normalized spacial score (nSPS) is 12.1. The van der Waals surface area contributed by atoms with E-state index in [1.165, 1.54) is 17.2 Å². The lowest BCUT2D eigenvalue weighted by Gasteiger charge is -2.21. The van der Waals surface area contributed by atoms with Crippen LogP contribution in [0.15, 0.2) is 46.9 Å². The van der Waals surface area contributed by atoms with Gasteiger partial charge in [0.2, 0.25) is 0 Å². The largest absolute Gasteiger partial charge is 0.493 e. The highest BCUT2D eigenvalue weighted by Gasteiger charge is 2.21. The predicted octanol–water partition coefficient (Wildman–Crippen LogP) is 8.10. The van der Waals surface area contributed by atoms with Crippen molar-refractivity contribution in [3.63, 3.8) is 0 Å². The molecule has 4 nitrogen and oxygen atoms in total. The fraction of sp³-hybridized carbons (Fsp3) is 0.414. The summed E-state index contributed by atoms with van der Waals surface area (Å²) in [6, 6.07) is 12.7. The molecule has 0 atom stereocenters. The van der Waals surface area contributed by atoms with Gasteiger partial charge >= 0.3 is 5.97 Å². The minimum Gasteiger partial charge on any atom is -0.493 e. The molecule has 0 aliphatic rings. The van der Waals surface area contributed by atoms with E-state index in [0.29, 0.717) is 30.8 Å². The summed E-state index contributed by atoms with van der Waals surface area (Å²) in [6.45, 7) is 15.6. The van der Waals surface area contributed by atoms with E-state index in [9.17, 15) is 4.79 Å². The number of hydrogen-bond acceptors (Lipinski definition) is 4. The van der Waals surface area contributed by atoms with E-state index in [1.54, 1.807) is 6.92 Å². The Kier molecular flexibility index (Phi) is 8.01. The summed E-state index contributed by atoms with van der Waals surface area (Å²) >= 11 is 0. The number of carbonyl (C=O) groups is 1. The molecule has 0 spiro atoms. The molecule has 0 amide bonds. The average Bonchev–Trinajstić information content (AvgIpc) is 3.21. The molecule has 3 aromatic rings. The molecule has 0 aliphatic heterocycles. The van der Waals surface area contributed by atoms with Gasteiger partial charge in [0, 0.05) is 22.6 Å². The van der Waals surface area contributed by atoms with Gasteiger partial charge in [0.05, 0.1) is 13.2 Å². The van der Waals surface area contributed by atoms with Crippen LogP contribution >= 0.6 is 0 Å². The second-order valence-electron chi connectivity index (χ2n) is 9.06. The van der Waals surface area contributed by atoms with E-state index in [0.717, 1.165) is 39.8 Å². The predicted molar refractivity (Wildman–Crippen MR) is 136 cm³/mol. The maximum Gasteiger partial charge on any atom is 0.331 e. The van der Waals surface area contributed by atoms with Crippen molar-refractivity contribution < 1.29 is 18.7 Å². The molecule has 0 bridgehead atoms. The molecule has 2 aromatic carbocycles. The van der Waals surface area contributed by atoms with Crippen LogP contribution in [0.4, 0.5) is 0 Å². The van der Waals surface area contributed by atoms with Crippen molar-refractivity contribution >= 4 is 22.5 Å². The standard InChI is InChI=1S/C29H36O4/c1-8-13-32-29-24(19(5)6)15-22(18(3)4)16-25(29)23-12-10-11-21-17-26(33-28(21)23)20(7)14-27(30)31-9-2/h10-12,14-19H,8-9,13H2,1-7H3/b20-14-. The first-order chi connectivity index (χ1) is 15.8. The van der Waals surface area contributed by atoms with Crippen molar-refractivity contribution in [2.45, 2.75) is 66.7 Å². The SMILES string of the molecule is CCCOc1c(-c2cccc3cc(/C(C)=C\C(=O)OCC)oc23)cc(C(C)C)cc1C(C)C. The average molecular weight is 449 g/mol. The quantitative estimate of drug-likeness (QED) is 0.245. The minimum absolute atomic E-state index is 0.329. The van der Waals surface area contributed by atoms with Crippen molar-refractivity contribution in [2.24, 2.45) is 0 Å². The molecule has 0 saturated carbocycles. The highest BCUT2D eigenvalue weighted by atomic mass is 16.5. The molecule has 0 N–H and O–H groups in total. The van der Waals surface area contributed by atoms with Crippen LogP contribution in [0.3, 0.4) is 0 Å². The van der Waals surface area contributed by atoms with Crippen LogP contribution in [0.5, 0.6) is 5.75 Å². The molecule has 33 heavy (non-hydrogen) atoms. The number of para-hydroxylation sites is 1. The lowest BCUT2D eigenvalue weighted by molar-refractivity contribution is -0.137. The van der Waals surface area contributed by atoms with Crippen molar-refractivity contribution in [2.75, 3.05) is 13.2 Å². The molecule has 0 fully saturated rings. The second kappa shape index (κ2) is 10.7. The first-order valence-electron chi connectivity index (χ1n) is 12.0.